The number of carboxylic acid groups (broad SMARTS) is 2. The Kier molecular flexibility index (Phi) is 21.9. The Bertz CT molecular complexity index is 3760. The summed E-state index contributed by atoms with van der Waals surface area (Å²) in [5.74, 6) is -3.22. The van der Waals surface area contributed by atoms with Crippen LogP contribution in [0, 0.1) is 23.5 Å². The fraction of sp³-hybridized carbons (Fsp3) is 0.364. The zero-order valence-electron chi connectivity index (χ0n) is 47.0. The van der Waals surface area contributed by atoms with Crippen molar-refractivity contribution in [3.8, 4) is 23.0 Å². The number of nitrogens with one attached hydrogen (secondary N) is 2. The fourth-order valence-corrected chi connectivity index (χ4v) is 11.3. The van der Waals surface area contributed by atoms with Crippen LogP contribution < -0.4 is 144 Å². The van der Waals surface area contributed by atoms with Crippen LogP contribution in [-0.2, 0) is 52.2 Å². The number of ether oxygens (including phenoxy) is 4. The Labute approximate surface area is 565 Å². The molecule has 2 fully saturated rings. The molecule has 6 aromatic rings. The summed E-state index contributed by atoms with van der Waals surface area (Å²) in [6, 6.07) is 15.6. The Hall–Kier alpha value is -5.32. The van der Waals surface area contributed by atoms with Gasteiger partial charge in [-0.15, -0.1) is 8.80 Å². The molecule has 10 rings (SSSR count). The van der Waals surface area contributed by atoms with E-state index in [9.17, 15) is 55.0 Å². The summed E-state index contributed by atoms with van der Waals surface area (Å²) in [5, 5.41) is 44.5. The van der Waals surface area contributed by atoms with E-state index in [0.717, 1.165) is 50.7 Å². The maximum Gasteiger partial charge on any atom is 1.00 e. The monoisotopic (exact) mass is 1250 g/mol. The van der Waals surface area contributed by atoms with Crippen LogP contribution in [-0.4, -0.2) is 90.4 Å². The summed E-state index contributed by atoms with van der Waals surface area (Å²) < 4.78 is 113. The predicted molar refractivity (Wildman–Crippen MR) is 290 cm³/mol. The number of benzene rings is 4. The average Bonchev–Trinajstić information content (AvgIpc) is 4.48. The fourth-order valence-electron chi connectivity index (χ4n) is 9.04. The van der Waals surface area contributed by atoms with Crippen LogP contribution in [0.15, 0.2) is 101 Å². The topological polar surface area (TPSA) is 336 Å². The third kappa shape index (κ3) is 15.4. The number of rotatable bonds is 16. The number of aromatic nitrogens is 2. The molecule has 0 saturated heterocycles. The first-order valence-electron chi connectivity index (χ1n) is 25.8. The number of esters is 2. The number of carbonyl (C=O) groups is 3. The number of hydrogen-bond acceptors (Lipinski definition) is 19. The van der Waals surface area contributed by atoms with Gasteiger partial charge in [0.25, 0.3) is 31.2 Å². The Morgan fingerprint density at radius 2 is 0.964 bits per heavy atom. The van der Waals surface area contributed by atoms with E-state index in [-0.39, 0.29) is 182 Å². The van der Waals surface area contributed by atoms with E-state index in [1.165, 1.54) is 97.5 Å². The molecule has 0 spiro atoms. The maximum atomic E-state index is 14.1. The Morgan fingerprint density at radius 3 is 1.29 bits per heavy atom. The largest absolute Gasteiger partial charge is 1.00 e. The van der Waals surface area contributed by atoms with E-state index < -0.39 is 83.6 Å². The molecule has 2 aliphatic carbocycles. The van der Waals surface area contributed by atoms with Crippen molar-refractivity contribution in [1.82, 2.24) is 9.13 Å². The number of halogens is 2. The molecule has 23 nitrogen and oxygen atoms in total. The van der Waals surface area contributed by atoms with Gasteiger partial charge in [-0.1, -0.05) is 25.7 Å². The molecule has 0 amide bonds. The normalized spacial score (nSPS) is 15.4. The van der Waals surface area contributed by atoms with Crippen molar-refractivity contribution in [2.24, 2.45) is 20.6 Å². The molecule has 84 heavy (non-hydrogen) atoms. The molecule has 4 aromatic carbocycles. The second-order valence-electron chi connectivity index (χ2n) is 20.5. The van der Waals surface area contributed by atoms with Crippen molar-refractivity contribution in [2.75, 3.05) is 23.8 Å². The third-order valence-corrected chi connectivity index (χ3v) is 16.1. The summed E-state index contributed by atoms with van der Waals surface area (Å²) in [6.45, 7) is 10.3. The SMILES string of the molecule is CCOC(=O)C(C)(C)Oc1ccc2c(c1)S(=O)(=O)N=C(c1c(O)c3cc(F)ccc3n(CCC3CC3)c1=O)N2.CCOC(=O)C(C)(C)Oc1ccc2c(c1)S(=O)(=O)N=C(c1c(O)c3cc(F)ccc3n(CCC3CC3)c1=O)N2.O=C([O-])[O-].[K+].[K+]. The smallest absolute Gasteiger partial charge is 0.652 e. The van der Waals surface area contributed by atoms with Gasteiger partial charge in [-0.25, -0.2) is 18.4 Å². The van der Waals surface area contributed by atoms with Crippen LogP contribution in [0.1, 0.15) is 91.2 Å². The third-order valence-electron chi connectivity index (χ3n) is 13.5. The van der Waals surface area contributed by atoms with Gasteiger partial charge in [0.15, 0.2) is 22.9 Å². The number of hydrogen-bond donors (Lipinski definition) is 4. The van der Waals surface area contributed by atoms with E-state index in [0.29, 0.717) is 36.0 Å². The molecule has 2 aliphatic heterocycles. The second-order valence-corrected chi connectivity index (χ2v) is 23.6. The first kappa shape index (κ1) is 67.8. The van der Waals surface area contributed by atoms with Gasteiger partial charge in [-0.2, -0.15) is 16.8 Å². The van der Waals surface area contributed by atoms with E-state index in [4.69, 9.17) is 34.0 Å². The molecular weight excluding hydrogens is 1200 g/mol. The average molecular weight is 1250 g/mol. The molecule has 0 radical (unpaired) electrons. The molecule has 2 saturated carbocycles. The zero-order chi connectivity index (χ0) is 59.8. The number of aryl methyl sites for hydroxylation is 2. The van der Waals surface area contributed by atoms with Gasteiger partial charge >= 0.3 is 115 Å². The molecule has 0 bridgehead atoms. The summed E-state index contributed by atoms with van der Waals surface area (Å²) >= 11 is 0. The van der Waals surface area contributed by atoms with Crippen LogP contribution in [0.3, 0.4) is 0 Å². The van der Waals surface area contributed by atoms with E-state index in [1.807, 2.05) is 0 Å². The first-order valence-corrected chi connectivity index (χ1v) is 28.7. The molecule has 0 atom stereocenters. The standard InChI is InChI=1S/2C27H28FN3O7S.CH2O3.2K/c2*1-4-37-26(34)27(2,3)38-17-8-9-19-21(14-17)39(35,36)30-24(29-19)22-23(32)18-13-16(28)7-10-20(18)31(25(22)33)12-11-15-5-6-15;2-1(3)4;;/h2*7-10,13-15,32H,4-6,11-12H2,1-3H3,(H,29,30);(H2,2,3,4);;/q;;;2*+1/p-2. The van der Waals surface area contributed by atoms with Crippen molar-refractivity contribution >= 4 is 83.0 Å². The van der Waals surface area contributed by atoms with Gasteiger partial charge in [-0.3, -0.25) is 9.59 Å². The van der Waals surface area contributed by atoms with Crippen LogP contribution in [0.4, 0.5) is 25.0 Å². The number of nitrogens with zero attached hydrogens (tertiary/aromatic N) is 4. The number of fused-ring (bicyclic) bond motifs is 4. The molecule has 2 aromatic heterocycles. The molecule has 4 aliphatic rings. The number of amidine groups is 2. The molecular formula is C55H56F2K2N6O17S2. The number of pyridine rings is 2. The van der Waals surface area contributed by atoms with Gasteiger partial charge in [0.2, 0.25) is 0 Å². The minimum atomic E-state index is -4.38. The first-order chi connectivity index (χ1) is 38.5. The zero-order valence-corrected chi connectivity index (χ0v) is 54.9. The minimum absolute atomic E-state index is 0. The number of carbonyl (C=O) groups excluding carboxylic acids is 3. The van der Waals surface area contributed by atoms with Gasteiger partial charge in [0.1, 0.15) is 55.6 Å². The van der Waals surface area contributed by atoms with E-state index in [2.05, 4.69) is 19.4 Å². The van der Waals surface area contributed by atoms with Crippen molar-refractivity contribution in [3.05, 3.63) is 116 Å². The van der Waals surface area contributed by atoms with Crippen molar-refractivity contribution in [2.45, 2.75) is 114 Å². The van der Waals surface area contributed by atoms with Crippen LogP contribution in [0.2, 0.25) is 0 Å². The maximum absolute atomic E-state index is 14.1. The number of aromatic hydroxyl groups is 2. The quantitative estimate of drug-likeness (QED) is 0.0695. The van der Waals surface area contributed by atoms with Crippen LogP contribution in [0.5, 0.6) is 23.0 Å². The second kappa shape index (κ2) is 27.2. The van der Waals surface area contributed by atoms with E-state index >= 15 is 0 Å². The molecule has 436 valence electrons. The number of anilines is 2. The summed E-state index contributed by atoms with van der Waals surface area (Å²) in [7, 11) is -8.75. The summed E-state index contributed by atoms with van der Waals surface area (Å²) in [4.78, 5) is 59.4. The van der Waals surface area contributed by atoms with E-state index in [1.54, 1.807) is 13.8 Å². The minimum Gasteiger partial charge on any atom is -0.652 e. The van der Waals surface area contributed by atoms with Crippen LogP contribution in [0.25, 0.3) is 21.8 Å². The van der Waals surface area contributed by atoms with Crippen molar-refractivity contribution < 1.29 is 182 Å². The van der Waals surface area contributed by atoms with Gasteiger partial charge in [0, 0.05) is 36.0 Å². The molecule has 29 heteroatoms. The molecule has 4 heterocycles. The Balaban J connectivity index is 0.000000248. The van der Waals surface area contributed by atoms with Crippen LogP contribution >= 0.6 is 0 Å². The van der Waals surface area contributed by atoms with Gasteiger partial charge in [0.05, 0.1) is 35.6 Å². The predicted octanol–water partition coefficient (Wildman–Crippen LogP) is -0.583. The summed E-state index contributed by atoms with van der Waals surface area (Å²) in [6.07, 6.45) is 3.39. The molecule has 4 N–H and O–H groups in total. The Morgan fingerprint density at radius 1 is 0.619 bits per heavy atom. The molecule has 0 unspecified atom stereocenters. The van der Waals surface area contributed by atoms with Gasteiger partial charge < -0.3 is 63.9 Å². The van der Waals surface area contributed by atoms with Crippen molar-refractivity contribution in [3.63, 3.8) is 0 Å². The van der Waals surface area contributed by atoms with Gasteiger partial charge in [-0.05, 0) is 133 Å². The van der Waals surface area contributed by atoms with Crippen molar-refractivity contribution in [1.29, 1.82) is 0 Å². The summed E-state index contributed by atoms with van der Waals surface area (Å²) in [5.41, 5.74) is -3.95. The number of sulfonamides is 2.